The molecule has 0 saturated carbocycles. The maximum atomic E-state index is 6.13. The maximum Gasteiger partial charge on any atom is 0.261 e. The van der Waals surface area contributed by atoms with Gasteiger partial charge in [0.15, 0.2) is 5.82 Å². The van der Waals surface area contributed by atoms with Crippen LogP contribution in [0.1, 0.15) is 38.4 Å². The lowest BCUT2D eigenvalue weighted by molar-refractivity contribution is 0.278. The number of nitrogens with zero attached hydrogens (tertiary/aromatic N) is 3. The Balaban J connectivity index is 2.12. The van der Waals surface area contributed by atoms with E-state index in [2.05, 4.69) is 28.9 Å². The van der Waals surface area contributed by atoms with Gasteiger partial charge in [0.2, 0.25) is 0 Å². The second-order valence-corrected chi connectivity index (χ2v) is 4.66. The quantitative estimate of drug-likeness (QED) is 0.836. The highest BCUT2D eigenvalue weighted by Gasteiger charge is 2.19. The van der Waals surface area contributed by atoms with Crippen LogP contribution in [-0.4, -0.2) is 34.7 Å². The second-order valence-electron chi connectivity index (χ2n) is 4.66. The molecule has 2 N–H and O–H groups in total. The smallest absolute Gasteiger partial charge is 0.261 e. The van der Waals surface area contributed by atoms with E-state index in [4.69, 9.17) is 14.7 Å². The van der Waals surface area contributed by atoms with Crippen molar-refractivity contribution in [3.63, 3.8) is 0 Å². The van der Waals surface area contributed by atoms with Crippen molar-refractivity contribution in [3.05, 3.63) is 23.9 Å². The minimum Gasteiger partial charge on any atom is -0.469 e. The third-order valence-electron chi connectivity index (χ3n) is 3.42. The summed E-state index contributed by atoms with van der Waals surface area (Å²) in [6.45, 7) is 8.87. The van der Waals surface area contributed by atoms with E-state index in [-0.39, 0.29) is 6.04 Å². The molecule has 0 bridgehead atoms. The van der Waals surface area contributed by atoms with E-state index >= 15 is 0 Å². The molecule has 0 aliphatic carbocycles. The first-order valence-electron chi connectivity index (χ1n) is 7.07. The maximum absolute atomic E-state index is 6.13. The number of hydrogen-bond acceptors (Lipinski definition) is 6. The zero-order chi connectivity index (χ0) is 14.5. The average molecular weight is 278 g/mol. The van der Waals surface area contributed by atoms with Crippen LogP contribution in [0.25, 0.3) is 11.5 Å². The van der Waals surface area contributed by atoms with Gasteiger partial charge in [0.1, 0.15) is 5.76 Å². The van der Waals surface area contributed by atoms with Gasteiger partial charge in [0.25, 0.3) is 5.89 Å². The summed E-state index contributed by atoms with van der Waals surface area (Å²) in [5.74, 6) is 1.85. The SMILES string of the molecule is CCc1occc1-c1nc(C(N)CN(CC)CC)no1. The Bertz CT molecular complexity index is 531. The van der Waals surface area contributed by atoms with Crippen LogP contribution in [0, 0.1) is 0 Å². The molecule has 0 spiro atoms. The lowest BCUT2D eigenvalue weighted by Crippen LogP contribution is -2.32. The van der Waals surface area contributed by atoms with E-state index in [0.29, 0.717) is 11.7 Å². The molecule has 0 radical (unpaired) electrons. The highest BCUT2D eigenvalue weighted by Crippen LogP contribution is 2.24. The molecule has 2 aromatic rings. The third-order valence-corrected chi connectivity index (χ3v) is 3.42. The van der Waals surface area contributed by atoms with Crippen molar-refractivity contribution >= 4 is 0 Å². The van der Waals surface area contributed by atoms with Crippen LogP contribution in [0.5, 0.6) is 0 Å². The molecule has 2 heterocycles. The number of hydrogen-bond donors (Lipinski definition) is 1. The number of rotatable bonds is 7. The molecule has 110 valence electrons. The molecule has 0 aromatic carbocycles. The fourth-order valence-electron chi connectivity index (χ4n) is 2.14. The molecule has 2 rings (SSSR count). The first-order valence-corrected chi connectivity index (χ1v) is 7.07. The summed E-state index contributed by atoms with van der Waals surface area (Å²) in [6, 6.07) is 1.59. The van der Waals surface area contributed by atoms with Crippen molar-refractivity contribution in [1.82, 2.24) is 15.0 Å². The largest absolute Gasteiger partial charge is 0.469 e. The molecule has 0 saturated heterocycles. The third kappa shape index (κ3) is 3.08. The first-order chi connectivity index (χ1) is 9.69. The Morgan fingerprint density at radius 1 is 1.30 bits per heavy atom. The molecule has 0 aliphatic rings. The molecule has 0 fully saturated rings. The Labute approximate surface area is 118 Å². The number of furan rings is 1. The Morgan fingerprint density at radius 2 is 2.05 bits per heavy atom. The lowest BCUT2D eigenvalue weighted by atomic mass is 10.2. The van der Waals surface area contributed by atoms with Crippen molar-refractivity contribution in [3.8, 4) is 11.5 Å². The second kappa shape index (κ2) is 6.67. The van der Waals surface area contributed by atoms with Crippen LogP contribution in [0.2, 0.25) is 0 Å². The van der Waals surface area contributed by atoms with Crippen molar-refractivity contribution < 1.29 is 8.94 Å². The average Bonchev–Trinajstić information content (AvgIpc) is 3.11. The van der Waals surface area contributed by atoms with Crippen LogP contribution in [0.15, 0.2) is 21.3 Å². The van der Waals surface area contributed by atoms with Gasteiger partial charge in [-0.3, -0.25) is 0 Å². The van der Waals surface area contributed by atoms with E-state index < -0.39 is 0 Å². The molecule has 2 aromatic heterocycles. The van der Waals surface area contributed by atoms with Crippen LogP contribution >= 0.6 is 0 Å². The predicted octanol–water partition coefficient (Wildman–Crippen LogP) is 2.23. The monoisotopic (exact) mass is 278 g/mol. The van der Waals surface area contributed by atoms with Gasteiger partial charge >= 0.3 is 0 Å². The van der Waals surface area contributed by atoms with Gasteiger partial charge in [0, 0.05) is 13.0 Å². The van der Waals surface area contributed by atoms with E-state index in [1.54, 1.807) is 6.26 Å². The molecule has 6 heteroatoms. The Morgan fingerprint density at radius 3 is 2.70 bits per heavy atom. The van der Waals surface area contributed by atoms with Crippen molar-refractivity contribution in [2.45, 2.75) is 33.2 Å². The predicted molar refractivity (Wildman–Crippen MR) is 76.1 cm³/mol. The van der Waals surface area contributed by atoms with Crippen LogP contribution < -0.4 is 5.73 Å². The Hall–Kier alpha value is -1.66. The van der Waals surface area contributed by atoms with Gasteiger partial charge in [-0.1, -0.05) is 25.9 Å². The van der Waals surface area contributed by atoms with Crippen LogP contribution in [-0.2, 0) is 6.42 Å². The van der Waals surface area contributed by atoms with Crippen molar-refractivity contribution in [2.24, 2.45) is 5.73 Å². The van der Waals surface area contributed by atoms with E-state index in [1.165, 1.54) is 0 Å². The summed E-state index contributed by atoms with van der Waals surface area (Å²) in [7, 11) is 0. The summed E-state index contributed by atoms with van der Waals surface area (Å²) in [5.41, 5.74) is 6.98. The molecule has 1 unspecified atom stereocenters. The molecular formula is C14H22N4O2. The standard InChI is InChI=1S/C14H22N4O2/c1-4-12-10(7-8-19-12)14-16-13(17-20-14)11(15)9-18(5-2)6-3/h7-8,11H,4-6,9,15H2,1-3H3. The summed E-state index contributed by atoms with van der Waals surface area (Å²) >= 11 is 0. The highest BCUT2D eigenvalue weighted by atomic mass is 16.5. The van der Waals surface area contributed by atoms with Crippen molar-refractivity contribution in [1.29, 1.82) is 0 Å². The normalized spacial score (nSPS) is 13.1. The molecule has 1 atom stereocenters. The molecule has 0 amide bonds. The minimum absolute atomic E-state index is 0.246. The number of aryl methyl sites for hydroxylation is 1. The molecule has 0 aliphatic heterocycles. The number of likely N-dealkylation sites (N-methyl/N-ethyl adjacent to an activating group) is 1. The summed E-state index contributed by atoms with van der Waals surface area (Å²) in [5, 5.41) is 3.99. The van der Waals surface area contributed by atoms with Crippen LogP contribution in [0.4, 0.5) is 0 Å². The number of aromatic nitrogens is 2. The van der Waals surface area contributed by atoms with Gasteiger partial charge in [0.05, 0.1) is 17.9 Å². The topological polar surface area (TPSA) is 81.3 Å². The minimum atomic E-state index is -0.246. The van der Waals surface area contributed by atoms with Crippen molar-refractivity contribution in [2.75, 3.05) is 19.6 Å². The van der Waals surface area contributed by atoms with E-state index in [9.17, 15) is 0 Å². The van der Waals surface area contributed by atoms with Gasteiger partial charge in [-0.15, -0.1) is 0 Å². The molecule has 20 heavy (non-hydrogen) atoms. The van der Waals surface area contributed by atoms with Crippen LogP contribution in [0.3, 0.4) is 0 Å². The summed E-state index contributed by atoms with van der Waals surface area (Å²) in [6.07, 6.45) is 2.42. The van der Waals surface area contributed by atoms with E-state index in [1.807, 2.05) is 13.0 Å². The summed E-state index contributed by atoms with van der Waals surface area (Å²) < 4.78 is 10.7. The lowest BCUT2D eigenvalue weighted by Gasteiger charge is -2.20. The zero-order valence-corrected chi connectivity index (χ0v) is 12.3. The molecule has 6 nitrogen and oxygen atoms in total. The van der Waals surface area contributed by atoms with E-state index in [0.717, 1.165) is 37.4 Å². The molecular weight excluding hydrogens is 256 g/mol. The number of nitrogens with two attached hydrogens (primary N) is 1. The first kappa shape index (κ1) is 14.7. The highest BCUT2D eigenvalue weighted by molar-refractivity contribution is 5.55. The van der Waals surface area contributed by atoms with Gasteiger partial charge < -0.3 is 19.6 Å². The fourth-order valence-corrected chi connectivity index (χ4v) is 2.14. The fraction of sp³-hybridized carbons (Fsp3) is 0.571. The van der Waals surface area contributed by atoms with Gasteiger partial charge in [-0.25, -0.2) is 0 Å². The van der Waals surface area contributed by atoms with Gasteiger partial charge in [-0.2, -0.15) is 4.98 Å². The van der Waals surface area contributed by atoms with Gasteiger partial charge in [-0.05, 0) is 19.2 Å². The Kier molecular flexibility index (Phi) is 4.92. The summed E-state index contributed by atoms with van der Waals surface area (Å²) in [4.78, 5) is 6.63. The zero-order valence-electron chi connectivity index (χ0n) is 12.3.